The zero-order chi connectivity index (χ0) is 29.6. The molecule has 5 aromatic rings. The summed E-state index contributed by atoms with van der Waals surface area (Å²) < 4.78 is 46.4. The molecule has 2 aromatic carbocycles. The van der Waals surface area contributed by atoms with Gasteiger partial charge in [0.25, 0.3) is 0 Å². The Hall–Kier alpha value is -5.26. The normalized spacial score (nSPS) is 11.0. The van der Waals surface area contributed by atoms with Crippen molar-refractivity contribution in [2.24, 2.45) is 0 Å². The van der Waals surface area contributed by atoms with Crippen molar-refractivity contribution in [3.8, 4) is 11.1 Å². The van der Waals surface area contributed by atoms with Gasteiger partial charge in [-0.25, -0.2) is 9.78 Å². The highest BCUT2D eigenvalue weighted by Gasteiger charge is 2.38. The van der Waals surface area contributed by atoms with E-state index in [4.69, 9.17) is 9.90 Å². The number of hydrogen-bond acceptors (Lipinski definition) is 5. The van der Waals surface area contributed by atoms with Crippen molar-refractivity contribution >= 4 is 39.8 Å². The molecule has 0 aliphatic carbocycles. The number of nitrogens with one attached hydrogen (secondary N) is 2. The molecular weight excluding hydrogens is 542 g/mol. The second-order valence-corrected chi connectivity index (χ2v) is 8.73. The molecule has 0 fully saturated rings. The van der Waals surface area contributed by atoms with Gasteiger partial charge in [0.05, 0.1) is 18.3 Å². The number of fused-ring (bicyclic) bond motifs is 1. The number of carbonyl (C=O) groups excluding carboxylic acids is 1. The first-order chi connectivity index (χ1) is 19.5. The summed E-state index contributed by atoms with van der Waals surface area (Å²) in [6.45, 7) is 0. The van der Waals surface area contributed by atoms with Crippen molar-refractivity contribution in [1.29, 1.82) is 0 Å². The van der Waals surface area contributed by atoms with Crippen LogP contribution in [0, 0.1) is 5.95 Å². The highest BCUT2D eigenvalue weighted by molar-refractivity contribution is 5.97. The Morgan fingerprint density at radius 1 is 1.00 bits per heavy atom. The Bertz CT molecular complexity index is 1670. The number of aromatic amines is 1. The maximum absolute atomic E-state index is 14.7. The molecule has 8 nitrogen and oxygen atoms in total. The number of H-pyrrole nitrogens is 1. The van der Waals surface area contributed by atoms with Crippen LogP contribution in [-0.2, 0) is 16.0 Å². The number of carboxylic acids is 1. The van der Waals surface area contributed by atoms with Gasteiger partial charge >= 0.3 is 12.1 Å². The predicted molar refractivity (Wildman–Crippen MR) is 146 cm³/mol. The lowest BCUT2D eigenvalue weighted by Crippen LogP contribution is -2.21. The third-order valence-corrected chi connectivity index (χ3v) is 5.99. The van der Waals surface area contributed by atoms with Gasteiger partial charge in [0.15, 0.2) is 0 Å². The second kappa shape index (κ2) is 12.3. The van der Waals surface area contributed by atoms with Gasteiger partial charge in [-0.1, -0.05) is 18.2 Å². The minimum Gasteiger partial charge on any atom is -0.475 e. The van der Waals surface area contributed by atoms with Crippen LogP contribution >= 0.6 is 0 Å². The number of nitrogens with zero attached hydrogens (tertiary/aromatic N) is 3. The van der Waals surface area contributed by atoms with Gasteiger partial charge in [-0.15, -0.1) is 0 Å². The topological polar surface area (TPSA) is 111 Å². The summed E-state index contributed by atoms with van der Waals surface area (Å²) in [7, 11) is 1.89. The van der Waals surface area contributed by atoms with Crippen LogP contribution in [0.5, 0.6) is 0 Å². The fourth-order valence-electron chi connectivity index (χ4n) is 4.06. The van der Waals surface area contributed by atoms with E-state index < -0.39 is 18.1 Å². The molecule has 0 unspecified atom stereocenters. The Labute approximate surface area is 231 Å². The van der Waals surface area contributed by atoms with Crippen molar-refractivity contribution in [1.82, 2.24) is 15.0 Å². The zero-order valence-corrected chi connectivity index (χ0v) is 21.5. The highest BCUT2D eigenvalue weighted by atomic mass is 19.4. The number of benzene rings is 2. The average molecular weight is 566 g/mol. The lowest BCUT2D eigenvalue weighted by molar-refractivity contribution is -0.192. The lowest BCUT2D eigenvalue weighted by Gasteiger charge is -2.23. The number of carboxylic acid groups (broad SMARTS) is 1. The van der Waals surface area contributed by atoms with Gasteiger partial charge in [0.2, 0.25) is 11.9 Å². The number of amides is 1. The van der Waals surface area contributed by atoms with E-state index in [1.165, 1.54) is 6.20 Å². The molecule has 3 heterocycles. The molecule has 3 aromatic heterocycles. The highest BCUT2D eigenvalue weighted by Crippen LogP contribution is 2.37. The molecule has 0 saturated heterocycles. The molecule has 0 aliphatic rings. The first-order valence-electron chi connectivity index (χ1n) is 12.1. The first-order valence-corrected chi connectivity index (χ1v) is 12.1. The largest absolute Gasteiger partial charge is 0.490 e. The number of rotatable bonds is 6. The predicted octanol–water partition coefficient (Wildman–Crippen LogP) is 6.35. The van der Waals surface area contributed by atoms with Gasteiger partial charge < -0.3 is 20.3 Å². The van der Waals surface area contributed by atoms with Gasteiger partial charge in [0.1, 0.15) is 0 Å². The summed E-state index contributed by atoms with van der Waals surface area (Å²) in [5.74, 6) is -3.49. The summed E-state index contributed by atoms with van der Waals surface area (Å²) in [5, 5.41) is 11.1. The van der Waals surface area contributed by atoms with Crippen LogP contribution in [-0.4, -0.2) is 45.2 Å². The molecule has 12 heteroatoms. The fourth-order valence-corrected chi connectivity index (χ4v) is 4.06. The van der Waals surface area contributed by atoms with E-state index in [2.05, 4.69) is 20.3 Å². The number of pyridine rings is 2. The summed E-state index contributed by atoms with van der Waals surface area (Å²) >= 11 is 0. The van der Waals surface area contributed by atoms with Crippen LogP contribution < -0.4 is 10.2 Å². The minimum atomic E-state index is -5.08. The fraction of sp³-hybridized carbons (Fsp3) is 0.103. The molecule has 210 valence electrons. The summed E-state index contributed by atoms with van der Waals surface area (Å²) in [6.07, 6.45) is 1.84. The van der Waals surface area contributed by atoms with Crippen LogP contribution in [0.15, 0.2) is 91.5 Å². The molecular formula is C29H23F4N5O3. The standard InChI is InChI=1S/C27H22FN5O.C2HF3O2/c1-33(20-6-4-12-29-17-20)25-11-10-19(15-23(25)22-8-5-13-30-27(22)28)32-26(34)14-18-16-31-24-9-3-2-7-21(18)24;3-2(4,5)1(6)7/h2-13,15-17,31H,14H2,1H3,(H,32,34);(H,6,7). The van der Waals surface area contributed by atoms with Crippen LogP contribution in [0.2, 0.25) is 0 Å². The third-order valence-electron chi connectivity index (χ3n) is 5.99. The van der Waals surface area contributed by atoms with E-state index >= 15 is 0 Å². The molecule has 0 spiro atoms. The van der Waals surface area contributed by atoms with E-state index in [9.17, 15) is 22.4 Å². The van der Waals surface area contributed by atoms with Crippen molar-refractivity contribution in [3.63, 3.8) is 0 Å². The molecule has 41 heavy (non-hydrogen) atoms. The minimum absolute atomic E-state index is 0.157. The Morgan fingerprint density at radius 2 is 1.73 bits per heavy atom. The smallest absolute Gasteiger partial charge is 0.475 e. The first kappa shape index (κ1) is 28.7. The molecule has 3 N–H and O–H groups in total. The number of hydrogen-bond donors (Lipinski definition) is 3. The Morgan fingerprint density at radius 3 is 2.41 bits per heavy atom. The molecule has 1 amide bonds. The van der Waals surface area contributed by atoms with E-state index in [1.807, 2.05) is 66.7 Å². The lowest BCUT2D eigenvalue weighted by atomic mass is 10.0. The van der Waals surface area contributed by atoms with Crippen LogP contribution in [0.4, 0.5) is 34.6 Å². The summed E-state index contributed by atoms with van der Waals surface area (Å²) in [4.78, 5) is 34.8. The average Bonchev–Trinajstić information content (AvgIpc) is 3.36. The van der Waals surface area contributed by atoms with Gasteiger partial charge in [-0.3, -0.25) is 9.78 Å². The number of para-hydroxylation sites is 1. The number of alkyl halides is 3. The Balaban J connectivity index is 0.000000493. The van der Waals surface area contributed by atoms with Crippen molar-refractivity contribution in [2.75, 3.05) is 17.3 Å². The van der Waals surface area contributed by atoms with Crippen molar-refractivity contribution in [3.05, 3.63) is 103 Å². The SMILES string of the molecule is CN(c1cccnc1)c1ccc(NC(=O)Cc2c[nH]c3ccccc23)cc1-c1cccnc1F.O=C(O)C(F)(F)F. The van der Waals surface area contributed by atoms with E-state index in [1.54, 1.807) is 30.6 Å². The van der Waals surface area contributed by atoms with Crippen molar-refractivity contribution in [2.45, 2.75) is 12.6 Å². The maximum Gasteiger partial charge on any atom is 0.490 e. The number of carbonyl (C=O) groups is 2. The Kier molecular flexibility index (Phi) is 8.61. The summed E-state index contributed by atoms with van der Waals surface area (Å²) in [6, 6.07) is 20.4. The van der Waals surface area contributed by atoms with E-state index in [0.717, 1.165) is 27.8 Å². The number of aromatic nitrogens is 3. The van der Waals surface area contributed by atoms with Gasteiger partial charge in [0, 0.05) is 59.0 Å². The van der Waals surface area contributed by atoms with Crippen molar-refractivity contribution < 1.29 is 32.3 Å². The zero-order valence-electron chi connectivity index (χ0n) is 21.5. The number of aliphatic carboxylic acids is 1. The second-order valence-electron chi connectivity index (χ2n) is 8.73. The van der Waals surface area contributed by atoms with Gasteiger partial charge in [-0.2, -0.15) is 17.6 Å². The molecule has 0 aliphatic heterocycles. The summed E-state index contributed by atoms with van der Waals surface area (Å²) in [5.41, 5.74) is 5.05. The number of halogens is 4. The maximum atomic E-state index is 14.7. The molecule has 0 radical (unpaired) electrons. The molecule has 0 bridgehead atoms. The number of anilines is 3. The molecule has 0 atom stereocenters. The molecule has 5 rings (SSSR count). The van der Waals surface area contributed by atoms with Crippen LogP contribution in [0.3, 0.4) is 0 Å². The van der Waals surface area contributed by atoms with E-state index in [0.29, 0.717) is 16.8 Å². The third kappa shape index (κ3) is 7.04. The van der Waals surface area contributed by atoms with Crippen LogP contribution in [0.1, 0.15) is 5.56 Å². The van der Waals surface area contributed by atoms with Crippen LogP contribution in [0.25, 0.3) is 22.0 Å². The van der Waals surface area contributed by atoms with E-state index in [-0.39, 0.29) is 12.3 Å². The quantitative estimate of drug-likeness (QED) is 0.164. The monoisotopic (exact) mass is 565 g/mol. The molecule has 0 saturated carbocycles. The van der Waals surface area contributed by atoms with Gasteiger partial charge in [-0.05, 0) is 54.1 Å².